The maximum atomic E-state index is 12.5. The molecule has 0 saturated carbocycles. The van der Waals surface area contributed by atoms with Crippen LogP contribution < -0.4 is 16.0 Å². The number of hydrogen-bond acceptors (Lipinski definition) is 4. The van der Waals surface area contributed by atoms with E-state index in [2.05, 4.69) is 16.0 Å². The van der Waals surface area contributed by atoms with Crippen molar-refractivity contribution in [3.05, 3.63) is 35.9 Å². The highest BCUT2D eigenvalue weighted by Crippen LogP contribution is 2.09. The molecule has 1 aliphatic rings. The van der Waals surface area contributed by atoms with Gasteiger partial charge in [0.15, 0.2) is 0 Å². The van der Waals surface area contributed by atoms with Crippen molar-refractivity contribution in [3.63, 3.8) is 0 Å². The zero-order valence-corrected chi connectivity index (χ0v) is 16.3. The summed E-state index contributed by atoms with van der Waals surface area (Å²) < 4.78 is 0. The topological polar surface area (TPSA) is 70.2 Å². The van der Waals surface area contributed by atoms with Crippen molar-refractivity contribution >= 4 is 36.0 Å². The van der Waals surface area contributed by atoms with Crippen LogP contribution >= 0.6 is 24.2 Å². The van der Waals surface area contributed by atoms with Crippen molar-refractivity contribution in [3.8, 4) is 0 Å². The number of hydrogen-bond donors (Lipinski definition) is 3. The number of rotatable bonds is 8. The number of halogens is 1. The summed E-state index contributed by atoms with van der Waals surface area (Å²) in [5, 5.41) is 9.24. The second-order valence-electron chi connectivity index (χ2n) is 6.13. The summed E-state index contributed by atoms with van der Waals surface area (Å²) in [4.78, 5) is 24.8. The smallest absolute Gasteiger partial charge is 0.251 e. The molecule has 1 aromatic carbocycles. The predicted octanol–water partition coefficient (Wildman–Crippen LogP) is 2.08. The van der Waals surface area contributed by atoms with E-state index >= 15 is 0 Å². The summed E-state index contributed by atoms with van der Waals surface area (Å²) in [6, 6.07) is 8.54. The van der Waals surface area contributed by atoms with Gasteiger partial charge in [0.05, 0.1) is 0 Å². The Bertz CT molecular complexity index is 524. The molecule has 1 fully saturated rings. The molecule has 1 aliphatic heterocycles. The van der Waals surface area contributed by atoms with Crippen LogP contribution in [0.1, 0.15) is 29.6 Å². The number of nitrogens with one attached hydrogen (secondary N) is 3. The van der Waals surface area contributed by atoms with Gasteiger partial charge in [0.2, 0.25) is 5.91 Å². The Morgan fingerprint density at radius 1 is 1.32 bits per heavy atom. The summed E-state index contributed by atoms with van der Waals surface area (Å²) in [5.41, 5.74) is 0.580. The Hall–Kier alpha value is -1.24. The average Bonchev–Trinajstić information content (AvgIpc) is 2.64. The Morgan fingerprint density at radius 2 is 2.08 bits per heavy atom. The first-order valence-electron chi connectivity index (χ1n) is 8.54. The summed E-state index contributed by atoms with van der Waals surface area (Å²) in [5.74, 6) is 1.03. The lowest BCUT2D eigenvalue weighted by Crippen LogP contribution is -2.49. The molecule has 0 aliphatic carbocycles. The fourth-order valence-electron chi connectivity index (χ4n) is 2.80. The molecular formula is C18H28ClN3O2S. The number of piperidine rings is 1. The molecule has 2 amide bonds. The minimum atomic E-state index is -0.485. The van der Waals surface area contributed by atoms with Crippen molar-refractivity contribution in [1.82, 2.24) is 16.0 Å². The quantitative estimate of drug-likeness (QED) is 0.640. The fourth-order valence-corrected chi connectivity index (χ4v) is 3.27. The third-order valence-electron chi connectivity index (χ3n) is 4.23. The van der Waals surface area contributed by atoms with Crippen LogP contribution in [0.3, 0.4) is 0 Å². The molecule has 2 rings (SSSR count). The summed E-state index contributed by atoms with van der Waals surface area (Å²) >= 11 is 1.68. The molecule has 3 N–H and O–H groups in total. The lowest BCUT2D eigenvalue weighted by atomic mass is 9.99. The standard InChI is InChI=1S/C18H27N3O2S.ClH/c1-24-11-9-16(21-17(22)15-7-3-2-4-8-15)18(23)20-13-14-6-5-10-19-12-14;/h2-4,7-8,14,16,19H,5-6,9-13H2,1H3,(H,20,23)(H,21,22);1H. The lowest BCUT2D eigenvalue weighted by Gasteiger charge is -2.24. The SMILES string of the molecule is CSCCC(NC(=O)c1ccccc1)C(=O)NCC1CCCNC1.Cl. The number of thioether (sulfide) groups is 1. The molecule has 2 unspecified atom stereocenters. The molecule has 1 aromatic rings. The van der Waals surface area contributed by atoms with Crippen molar-refractivity contribution in [1.29, 1.82) is 0 Å². The molecule has 5 nitrogen and oxygen atoms in total. The monoisotopic (exact) mass is 385 g/mol. The van der Waals surface area contributed by atoms with Crippen LogP contribution in [0, 0.1) is 5.92 Å². The van der Waals surface area contributed by atoms with Gasteiger partial charge < -0.3 is 16.0 Å². The predicted molar refractivity (Wildman–Crippen MR) is 107 cm³/mol. The van der Waals surface area contributed by atoms with E-state index in [0.717, 1.165) is 31.7 Å². The first-order valence-corrected chi connectivity index (χ1v) is 9.93. The molecular weight excluding hydrogens is 358 g/mol. The average molecular weight is 386 g/mol. The molecule has 1 heterocycles. The second kappa shape index (κ2) is 12.2. The molecule has 1 saturated heterocycles. The van der Waals surface area contributed by atoms with Gasteiger partial charge >= 0.3 is 0 Å². The molecule has 0 bridgehead atoms. The largest absolute Gasteiger partial charge is 0.354 e. The van der Waals surface area contributed by atoms with Gasteiger partial charge in [0, 0.05) is 12.1 Å². The summed E-state index contributed by atoms with van der Waals surface area (Å²) in [6.07, 6.45) is 4.93. The van der Waals surface area contributed by atoms with Gasteiger partial charge in [-0.05, 0) is 62.4 Å². The third-order valence-corrected chi connectivity index (χ3v) is 4.88. The van der Waals surface area contributed by atoms with Gasteiger partial charge in [-0.1, -0.05) is 18.2 Å². The maximum absolute atomic E-state index is 12.5. The molecule has 2 atom stereocenters. The Morgan fingerprint density at radius 3 is 2.72 bits per heavy atom. The van der Waals surface area contributed by atoms with Gasteiger partial charge in [-0.15, -0.1) is 12.4 Å². The van der Waals surface area contributed by atoms with E-state index < -0.39 is 6.04 Å². The molecule has 7 heteroatoms. The van der Waals surface area contributed by atoms with Crippen LogP contribution in [0.5, 0.6) is 0 Å². The molecule has 140 valence electrons. The minimum absolute atomic E-state index is 0. The van der Waals surface area contributed by atoms with Crippen LogP contribution in [0.15, 0.2) is 30.3 Å². The van der Waals surface area contributed by atoms with Crippen molar-refractivity contribution in [2.24, 2.45) is 5.92 Å². The third kappa shape index (κ3) is 7.67. The van der Waals surface area contributed by atoms with Crippen LogP contribution in [0.25, 0.3) is 0 Å². The first-order chi connectivity index (χ1) is 11.7. The van der Waals surface area contributed by atoms with E-state index in [-0.39, 0.29) is 24.2 Å². The van der Waals surface area contributed by atoms with Crippen LogP contribution in [-0.4, -0.2) is 49.5 Å². The second-order valence-corrected chi connectivity index (χ2v) is 7.12. The van der Waals surface area contributed by atoms with Crippen molar-refractivity contribution in [2.45, 2.75) is 25.3 Å². The van der Waals surface area contributed by atoms with Gasteiger partial charge in [-0.25, -0.2) is 0 Å². The summed E-state index contributed by atoms with van der Waals surface area (Å²) in [6.45, 7) is 2.68. The lowest BCUT2D eigenvalue weighted by molar-refractivity contribution is -0.123. The molecule has 0 radical (unpaired) electrons. The van der Waals surface area contributed by atoms with E-state index in [1.807, 2.05) is 24.5 Å². The Kier molecular flexibility index (Phi) is 10.6. The first kappa shape index (κ1) is 21.8. The number of benzene rings is 1. The van der Waals surface area contributed by atoms with Gasteiger partial charge in [-0.3, -0.25) is 9.59 Å². The molecule has 0 spiro atoms. The molecule has 25 heavy (non-hydrogen) atoms. The minimum Gasteiger partial charge on any atom is -0.354 e. The van der Waals surface area contributed by atoms with Gasteiger partial charge in [0.25, 0.3) is 5.91 Å². The Labute approximate surface area is 160 Å². The van der Waals surface area contributed by atoms with E-state index in [9.17, 15) is 9.59 Å². The molecule has 0 aromatic heterocycles. The number of carbonyl (C=O) groups excluding carboxylic acids is 2. The van der Waals surface area contributed by atoms with Crippen LogP contribution in [0.2, 0.25) is 0 Å². The van der Waals surface area contributed by atoms with Crippen molar-refractivity contribution < 1.29 is 9.59 Å². The van der Waals surface area contributed by atoms with Crippen molar-refractivity contribution in [2.75, 3.05) is 31.6 Å². The highest BCUT2D eigenvalue weighted by atomic mass is 35.5. The maximum Gasteiger partial charge on any atom is 0.251 e. The van der Waals surface area contributed by atoms with Gasteiger partial charge in [-0.2, -0.15) is 11.8 Å². The van der Waals surface area contributed by atoms with E-state index in [4.69, 9.17) is 0 Å². The highest BCUT2D eigenvalue weighted by Gasteiger charge is 2.22. The van der Waals surface area contributed by atoms with Gasteiger partial charge in [0.1, 0.15) is 6.04 Å². The zero-order chi connectivity index (χ0) is 17.2. The van der Waals surface area contributed by atoms with Crippen LogP contribution in [-0.2, 0) is 4.79 Å². The normalized spacial score (nSPS) is 17.9. The van der Waals surface area contributed by atoms with E-state index in [0.29, 0.717) is 24.4 Å². The van der Waals surface area contributed by atoms with E-state index in [1.54, 1.807) is 23.9 Å². The zero-order valence-electron chi connectivity index (χ0n) is 14.6. The number of carbonyl (C=O) groups is 2. The highest BCUT2D eigenvalue weighted by molar-refractivity contribution is 7.98. The fraction of sp³-hybridized carbons (Fsp3) is 0.556. The van der Waals surface area contributed by atoms with E-state index in [1.165, 1.54) is 0 Å². The van der Waals surface area contributed by atoms with Crippen LogP contribution in [0.4, 0.5) is 0 Å². The number of amides is 2. The Balaban J connectivity index is 0.00000312. The summed E-state index contributed by atoms with van der Waals surface area (Å²) in [7, 11) is 0.